The van der Waals surface area contributed by atoms with Crippen LogP contribution >= 0.6 is 11.3 Å². The van der Waals surface area contributed by atoms with E-state index in [1.165, 1.54) is 6.33 Å². The van der Waals surface area contributed by atoms with E-state index in [1.807, 2.05) is 18.2 Å². The summed E-state index contributed by atoms with van der Waals surface area (Å²) in [6, 6.07) is 12.2. The molecule has 5 nitrogen and oxygen atoms in total. The molecule has 0 saturated heterocycles. The number of fused-ring (bicyclic) bond motifs is 3. The van der Waals surface area contributed by atoms with Crippen LogP contribution in [0.2, 0.25) is 0 Å². The van der Waals surface area contributed by atoms with Gasteiger partial charge in [0.2, 0.25) is 0 Å². The lowest BCUT2D eigenvalue weighted by atomic mass is 10.0. The maximum atomic E-state index is 5.97. The summed E-state index contributed by atoms with van der Waals surface area (Å²) < 4.78 is 12.7. The number of methoxy groups -OCH3 is 2. The Bertz CT molecular complexity index is 1060. The molecule has 0 aliphatic heterocycles. The minimum atomic E-state index is 0.522. The van der Waals surface area contributed by atoms with Crippen LogP contribution in [0.1, 0.15) is 0 Å². The second-order valence-electron chi connectivity index (χ2n) is 5.32. The van der Waals surface area contributed by atoms with E-state index < -0.39 is 0 Å². The molecule has 0 aliphatic carbocycles. The summed E-state index contributed by atoms with van der Waals surface area (Å²) >= 11 is 1.61. The summed E-state index contributed by atoms with van der Waals surface area (Å²) in [6.07, 6.45) is 1.51. The zero-order valence-electron chi connectivity index (χ0n) is 13.2. The molecule has 0 aliphatic rings. The number of anilines is 1. The van der Waals surface area contributed by atoms with Crippen LogP contribution in [0.4, 0.5) is 5.82 Å². The maximum absolute atomic E-state index is 5.97. The van der Waals surface area contributed by atoms with Gasteiger partial charge in [0.05, 0.1) is 24.4 Å². The first kappa shape index (κ1) is 14.7. The first-order chi connectivity index (χ1) is 11.7. The fraction of sp³-hybridized carbons (Fsp3) is 0.111. The average Bonchev–Trinajstić information content (AvgIpc) is 3.00. The molecule has 0 atom stereocenters. The van der Waals surface area contributed by atoms with Crippen molar-refractivity contribution < 1.29 is 9.47 Å². The predicted molar refractivity (Wildman–Crippen MR) is 97.9 cm³/mol. The Hall–Kier alpha value is -2.86. The van der Waals surface area contributed by atoms with Crippen molar-refractivity contribution in [3.05, 3.63) is 42.7 Å². The Kier molecular flexibility index (Phi) is 3.46. The van der Waals surface area contributed by atoms with Crippen molar-refractivity contribution in [3.8, 4) is 22.6 Å². The number of nitrogen functional groups attached to an aromatic ring is 1. The van der Waals surface area contributed by atoms with Crippen molar-refractivity contribution >= 4 is 37.5 Å². The van der Waals surface area contributed by atoms with Crippen LogP contribution < -0.4 is 15.2 Å². The third-order valence-electron chi connectivity index (χ3n) is 4.00. The van der Waals surface area contributed by atoms with Gasteiger partial charge in [-0.2, -0.15) is 0 Å². The van der Waals surface area contributed by atoms with Gasteiger partial charge < -0.3 is 15.2 Å². The van der Waals surface area contributed by atoms with Crippen LogP contribution in [0.25, 0.3) is 31.4 Å². The van der Waals surface area contributed by atoms with Gasteiger partial charge in [-0.3, -0.25) is 0 Å². The van der Waals surface area contributed by atoms with Gasteiger partial charge in [0.1, 0.15) is 12.1 Å². The summed E-state index contributed by atoms with van der Waals surface area (Å²) in [6.45, 7) is 0. The lowest BCUT2D eigenvalue weighted by Gasteiger charge is -2.09. The largest absolute Gasteiger partial charge is 0.493 e. The monoisotopic (exact) mass is 337 g/mol. The maximum Gasteiger partial charge on any atom is 0.161 e. The van der Waals surface area contributed by atoms with Gasteiger partial charge in [-0.15, -0.1) is 11.3 Å². The third kappa shape index (κ3) is 2.23. The normalized spacial score (nSPS) is 11.1. The Morgan fingerprint density at radius 2 is 1.67 bits per heavy atom. The van der Waals surface area contributed by atoms with Crippen molar-refractivity contribution in [2.45, 2.75) is 0 Å². The number of benzene rings is 2. The SMILES string of the molecule is COc1ccc(-c2ccc3c(c2)sc2c(N)ncnc23)cc1OC. The van der Waals surface area contributed by atoms with Crippen LogP contribution in [0, 0.1) is 0 Å². The fourth-order valence-corrected chi connectivity index (χ4v) is 3.88. The molecule has 2 N–H and O–H groups in total. The van der Waals surface area contributed by atoms with E-state index in [0.29, 0.717) is 17.3 Å². The number of ether oxygens (including phenoxy) is 2. The average molecular weight is 337 g/mol. The van der Waals surface area contributed by atoms with Crippen molar-refractivity contribution in [2.75, 3.05) is 20.0 Å². The minimum absolute atomic E-state index is 0.522. The Labute approximate surface area is 142 Å². The van der Waals surface area contributed by atoms with Crippen LogP contribution in [0.15, 0.2) is 42.7 Å². The number of hydrogen-bond donors (Lipinski definition) is 1. The van der Waals surface area contributed by atoms with E-state index in [9.17, 15) is 0 Å². The molecule has 4 rings (SSSR count). The molecule has 0 radical (unpaired) electrons. The molecule has 2 aromatic carbocycles. The third-order valence-corrected chi connectivity index (χ3v) is 5.16. The van der Waals surface area contributed by atoms with E-state index in [1.54, 1.807) is 25.6 Å². The molecule has 6 heteroatoms. The van der Waals surface area contributed by atoms with E-state index in [4.69, 9.17) is 15.2 Å². The predicted octanol–water partition coefficient (Wildman–Crippen LogP) is 4.11. The Morgan fingerprint density at radius 3 is 2.46 bits per heavy atom. The molecular weight excluding hydrogens is 322 g/mol. The quantitative estimate of drug-likeness (QED) is 0.609. The highest BCUT2D eigenvalue weighted by Crippen LogP contribution is 2.38. The lowest BCUT2D eigenvalue weighted by Crippen LogP contribution is -1.90. The molecular formula is C18H15N3O2S. The van der Waals surface area contributed by atoms with E-state index in [0.717, 1.165) is 31.4 Å². The minimum Gasteiger partial charge on any atom is -0.493 e. The number of aromatic nitrogens is 2. The van der Waals surface area contributed by atoms with Crippen molar-refractivity contribution in [3.63, 3.8) is 0 Å². The van der Waals surface area contributed by atoms with Crippen LogP contribution in [-0.2, 0) is 0 Å². The van der Waals surface area contributed by atoms with Gasteiger partial charge in [0, 0.05) is 10.1 Å². The summed E-state index contributed by atoms with van der Waals surface area (Å²) in [5, 5.41) is 1.09. The molecule has 2 aromatic heterocycles. The van der Waals surface area contributed by atoms with Crippen molar-refractivity contribution in [1.82, 2.24) is 9.97 Å². The second-order valence-corrected chi connectivity index (χ2v) is 6.37. The van der Waals surface area contributed by atoms with Gasteiger partial charge >= 0.3 is 0 Å². The van der Waals surface area contributed by atoms with Crippen molar-refractivity contribution in [1.29, 1.82) is 0 Å². The second kappa shape index (κ2) is 5.65. The van der Waals surface area contributed by atoms with Crippen molar-refractivity contribution in [2.24, 2.45) is 0 Å². The van der Waals surface area contributed by atoms with Crippen LogP contribution in [0.5, 0.6) is 11.5 Å². The molecule has 24 heavy (non-hydrogen) atoms. The molecule has 0 unspecified atom stereocenters. The van der Waals surface area contributed by atoms with E-state index >= 15 is 0 Å². The summed E-state index contributed by atoms with van der Waals surface area (Å²) in [7, 11) is 3.27. The summed E-state index contributed by atoms with van der Waals surface area (Å²) in [5.41, 5.74) is 9.03. The van der Waals surface area contributed by atoms with Gasteiger partial charge in [-0.25, -0.2) is 9.97 Å². The molecule has 0 bridgehead atoms. The number of hydrogen-bond acceptors (Lipinski definition) is 6. The molecule has 4 aromatic rings. The highest BCUT2D eigenvalue weighted by atomic mass is 32.1. The summed E-state index contributed by atoms with van der Waals surface area (Å²) in [4.78, 5) is 8.44. The standard InChI is InChI=1S/C18H15N3O2S/c1-22-13-6-4-10(7-14(13)23-2)11-3-5-12-15(8-11)24-17-16(12)20-9-21-18(17)19/h3-9H,1-2H3,(H2,19,20,21). The number of rotatable bonds is 3. The zero-order chi connectivity index (χ0) is 16.7. The Morgan fingerprint density at radius 1 is 0.917 bits per heavy atom. The molecule has 120 valence electrons. The lowest BCUT2D eigenvalue weighted by molar-refractivity contribution is 0.355. The highest BCUT2D eigenvalue weighted by Gasteiger charge is 2.11. The topological polar surface area (TPSA) is 70.3 Å². The molecule has 0 saturated carbocycles. The number of nitrogens with zero attached hydrogens (tertiary/aromatic N) is 2. The van der Waals surface area contributed by atoms with Crippen LogP contribution in [0.3, 0.4) is 0 Å². The van der Waals surface area contributed by atoms with E-state index in [-0.39, 0.29) is 0 Å². The highest BCUT2D eigenvalue weighted by molar-refractivity contribution is 7.26. The fourth-order valence-electron chi connectivity index (χ4n) is 2.79. The first-order valence-electron chi connectivity index (χ1n) is 7.36. The van der Waals surface area contributed by atoms with Gasteiger partial charge in [-0.05, 0) is 29.3 Å². The molecule has 2 heterocycles. The van der Waals surface area contributed by atoms with E-state index in [2.05, 4.69) is 28.2 Å². The smallest absolute Gasteiger partial charge is 0.161 e. The molecule has 0 spiro atoms. The first-order valence-corrected chi connectivity index (χ1v) is 8.18. The Balaban J connectivity index is 1.89. The molecule has 0 amide bonds. The van der Waals surface area contributed by atoms with Crippen LogP contribution in [-0.4, -0.2) is 24.2 Å². The molecule has 0 fully saturated rings. The number of thiophene rings is 1. The van der Waals surface area contributed by atoms with Gasteiger partial charge in [0.25, 0.3) is 0 Å². The number of nitrogens with two attached hydrogens (primary N) is 1. The van der Waals surface area contributed by atoms with Gasteiger partial charge in [0.15, 0.2) is 11.5 Å². The van der Waals surface area contributed by atoms with Gasteiger partial charge in [-0.1, -0.05) is 18.2 Å². The zero-order valence-corrected chi connectivity index (χ0v) is 14.1. The summed E-state index contributed by atoms with van der Waals surface area (Å²) in [5.74, 6) is 1.95.